The minimum Gasteiger partial charge on any atom is -0.314 e. The van der Waals surface area contributed by atoms with Crippen LogP contribution in [-0.2, 0) is 0 Å². The second-order valence-corrected chi connectivity index (χ2v) is 5.26. The second kappa shape index (κ2) is 6.74. The standard InChI is InChI=1S/C13H17ClF3N3/c14-12-2-1-10(9-19-12)11(3-4-13(15,16)17)20-7-5-18-6-8-20/h1-2,9,11,18H,3-8H2/t11-/m0/s1. The first-order chi connectivity index (χ1) is 9.46. The third kappa shape index (κ3) is 4.61. The van der Waals surface area contributed by atoms with E-state index in [2.05, 4.69) is 15.2 Å². The van der Waals surface area contributed by atoms with Crippen molar-refractivity contribution in [3.8, 4) is 0 Å². The number of pyridine rings is 1. The average molecular weight is 308 g/mol. The Hall–Kier alpha value is -0.850. The lowest BCUT2D eigenvalue weighted by Gasteiger charge is -2.35. The van der Waals surface area contributed by atoms with Gasteiger partial charge in [0.25, 0.3) is 0 Å². The summed E-state index contributed by atoms with van der Waals surface area (Å²) in [7, 11) is 0. The molecule has 1 aromatic rings. The van der Waals surface area contributed by atoms with Gasteiger partial charge in [0.1, 0.15) is 5.15 Å². The molecule has 2 rings (SSSR count). The molecule has 1 atom stereocenters. The molecule has 0 amide bonds. The number of piperazine rings is 1. The molecule has 0 bridgehead atoms. The minimum absolute atomic E-state index is 0.0484. The maximum Gasteiger partial charge on any atom is 0.389 e. The third-order valence-electron chi connectivity index (χ3n) is 3.43. The zero-order chi connectivity index (χ0) is 14.6. The van der Waals surface area contributed by atoms with Gasteiger partial charge in [-0.25, -0.2) is 4.98 Å². The molecule has 0 radical (unpaired) electrons. The van der Waals surface area contributed by atoms with Gasteiger partial charge in [-0.2, -0.15) is 13.2 Å². The maximum absolute atomic E-state index is 12.5. The summed E-state index contributed by atoms with van der Waals surface area (Å²) < 4.78 is 37.5. The topological polar surface area (TPSA) is 28.2 Å². The van der Waals surface area contributed by atoms with Crippen LogP contribution in [0.25, 0.3) is 0 Å². The van der Waals surface area contributed by atoms with Gasteiger partial charge >= 0.3 is 6.18 Å². The van der Waals surface area contributed by atoms with Gasteiger partial charge in [0.15, 0.2) is 0 Å². The summed E-state index contributed by atoms with van der Waals surface area (Å²) in [5.41, 5.74) is 0.792. The molecular weight excluding hydrogens is 291 g/mol. The molecular formula is C13H17ClF3N3. The molecule has 1 aliphatic rings. The van der Waals surface area contributed by atoms with Gasteiger partial charge in [-0.3, -0.25) is 4.90 Å². The first-order valence-corrected chi connectivity index (χ1v) is 6.96. The SMILES string of the molecule is FC(F)(F)CC[C@@H](c1ccc(Cl)nc1)N1CCNCC1. The van der Waals surface area contributed by atoms with Crippen molar-refractivity contribution in [1.29, 1.82) is 0 Å². The van der Waals surface area contributed by atoms with E-state index in [0.717, 1.165) is 31.7 Å². The Morgan fingerprint density at radius 2 is 2.00 bits per heavy atom. The number of aromatic nitrogens is 1. The summed E-state index contributed by atoms with van der Waals surface area (Å²) >= 11 is 5.74. The number of alkyl halides is 3. The van der Waals surface area contributed by atoms with Crippen LogP contribution < -0.4 is 5.32 Å². The van der Waals surface area contributed by atoms with Crippen molar-refractivity contribution < 1.29 is 13.2 Å². The van der Waals surface area contributed by atoms with E-state index in [1.807, 2.05) is 0 Å². The molecule has 1 fully saturated rings. The number of rotatable bonds is 4. The molecule has 1 aromatic heterocycles. The van der Waals surface area contributed by atoms with E-state index in [1.54, 1.807) is 18.3 Å². The summed E-state index contributed by atoms with van der Waals surface area (Å²) in [6.07, 6.45) is -3.30. The van der Waals surface area contributed by atoms with Crippen LogP contribution in [0.2, 0.25) is 5.15 Å². The van der Waals surface area contributed by atoms with Gasteiger partial charge in [-0.1, -0.05) is 17.7 Å². The van der Waals surface area contributed by atoms with Crippen LogP contribution in [-0.4, -0.2) is 42.2 Å². The van der Waals surface area contributed by atoms with E-state index < -0.39 is 12.6 Å². The first-order valence-electron chi connectivity index (χ1n) is 6.59. The highest BCUT2D eigenvalue weighted by molar-refractivity contribution is 6.29. The molecule has 20 heavy (non-hydrogen) atoms. The molecule has 1 aliphatic heterocycles. The highest BCUT2D eigenvalue weighted by atomic mass is 35.5. The van der Waals surface area contributed by atoms with Crippen LogP contribution in [0.3, 0.4) is 0 Å². The van der Waals surface area contributed by atoms with Crippen molar-refractivity contribution in [2.24, 2.45) is 0 Å². The van der Waals surface area contributed by atoms with Crippen molar-refractivity contribution in [3.63, 3.8) is 0 Å². The molecule has 0 aromatic carbocycles. The molecule has 7 heteroatoms. The van der Waals surface area contributed by atoms with E-state index in [1.165, 1.54) is 0 Å². The Labute approximate surface area is 121 Å². The molecule has 0 saturated carbocycles. The van der Waals surface area contributed by atoms with Gasteiger partial charge < -0.3 is 5.32 Å². The first kappa shape index (κ1) is 15.5. The molecule has 1 saturated heterocycles. The maximum atomic E-state index is 12.5. The lowest BCUT2D eigenvalue weighted by Crippen LogP contribution is -2.45. The lowest BCUT2D eigenvalue weighted by molar-refractivity contribution is -0.138. The smallest absolute Gasteiger partial charge is 0.314 e. The summed E-state index contributed by atoms with van der Waals surface area (Å²) in [4.78, 5) is 6.06. The van der Waals surface area contributed by atoms with Crippen molar-refractivity contribution >= 4 is 11.6 Å². The fourth-order valence-electron chi connectivity index (χ4n) is 2.44. The zero-order valence-corrected chi connectivity index (χ0v) is 11.7. The van der Waals surface area contributed by atoms with Crippen molar-refractivity contribution in [2.45, 2.75) is 25.1 Å². The normalized spacial score (nSPS) is 19.0. The van der Waals surface area contributed by atoms with Crippen LogP contribution in [0.5, 0.6) is 0 Å². The van der Waals surface area contributed by atoms with Crippen LogP contribution in [0.4, 0.5) is 13.2 Å². The van der Waals surface area contributed by atoms with Gasteiger partial charge in [0.2, 0.25) is 0 Å². The van der Waals surface area contributed by atoms with Gasteiger partial charge in [-0.05, 0) is 18.1 Å². The Balaban J connectivity index is 2.12. The quantitative estimate of drug-likeness (QED) is 0.867. The van der Waals surface area contributed by atoms with Crippen LogP contribution >= 0.6 is 11.6 Å². The van der Waals surface area contributed by atoms with Gasteiger partial charge in [0.05, 0.1) is 0 Å². The molecule has 0 aliphatic carbocycles. The highest BCUT2D eigenvalue weighted by Gasteiger charge is 2.31. The number of hydrogen-bond acceptors (Lipinski definition) is 3. The zero-order valence-electron chi connectivity index (χ0n) is 11.0. The number of nitrogens with one attached hydrogen (secondary N) is 1. The summed E-state index contributed by atoms with van der Waals surface area (Å²) in [5.74, 6) is 0. The second-order valence-electron chi connectivity index (χ2n) is 4.87. The summed E-state index contributed by atoms with van der Waals surface area (Å²) in [6, 6.07) is 3.13. The fourth-order valence-corrected chi connectivity index (χ4v) is 2.55. The molecule has 1 N–H and O–H groups in total. The highest BCUT2D eigenvalue weighted by Crippen LogP contribution is 2.31. The molecule has 2 heterocycles. The Kier molecular flexibility index (Phi) is 5.23. The predicted molar refractivity (Wildman–Crippen MR) is 71.7 cm³/mol. The lowest BCUT2D eigenvalue weighted by atomic mass is 10.0. The Bertz CT molecular complexity index is 416. The van der Waals surface area contributed by atoms with E-state index in [-0.39, 0.29) is 12.5 Å². The molecule has 0 spiro atoms. The van der Waals surface area contributed by atoms with E-state index in [4.69, 9.17) is 11.6 Å². The summed E-state index contributed by atoms with van der Waals surface area (Å²) in [5, 5.41) is 3.55. The number of hydrogen-bond donors (Lipinski definition) is 1. The number of halogens is 4. The van der Waals surface area contributed by atoms with Crippen LogP contribution in [0.15, 0.2) is 18.3 Å². The molecule has 3 nitrogen and oxygen atoms in total. The van der Waals surface area contributed by atoms with E-state index in [9.17, 15) is 13.2 Å². The monoisotopic (exact) mass is 307 g/mol. The van der Waals surface area contributed by atoms with Gasteiger partial charge in [-0.15, -0.1) is 0 Å². The Morgan fingerprint density at radius 3 is 2.55 bits per heavy atom. The van der Waals surface area contributed by atoms with E-state index >= 15 is 0 Å². The van der Waals surface area contributed by atoms with E-state index in [0.29, 0.717) is 5.15 Å². The third-order valence-corrected chi connectivity index (χ3v) is 3.65. The van der Waals surface area contributed by atoms with Gasteiger partial charge in [0, 0.05) is 44.8 Å². The molecule has 112 valence electrons. The largest absolute Gasteiger partial charge is 0.389 e. The van der Waals surface area contributed by atoms with Crippen molar-refractivity contribution in [1.82, 2.24) is 15.2 Å². The summed E-state index contributed by atoms with van der Waals surface area (Å²) in [6.45, 7) is 3.07. The predicted octanol–water partition coefficient (Wildman–Crippen LogP) is 3.02. The van der Waals surface area contributed by atoms with Crippen molar-refractivity contribution in [2.75, 3.05) is 26.2 Å². The fraction of sp³-hybridized carbons (Fsp3) is 0.615. The van der Waals surface area contributed by atoms with Crippen molar-refractivity contribution in [3.05, 3.63) is 29.0 Å². The number of nitrogens with zero attached hydrogens (tertiary/aromatic N) is 2. The van der Waals surface area contributed by atoms with Crippen LogP contribution in [0.1, 0.15) is 24.4 Å². The minimum atomic E-state index is -4.13. The Morgan fingerprint density at radius 1 is 1.30 bits per heavy atom. The van der Waals surface area contributed by atoms with Crippen LogP contribution in [0, 0.1) is 0 Å². The molecule has 0 unspecified atom stereocenters. The average Bonchev–Trinajstić information content (AvgIpc) is 2.41.